The number of nitrogens with one attached hydrogen (secondary N) is 1. The van der Waals surface area contributed by atoms with Crippen LogP contribution in [0.5, 0.6) is 0 Å². The summed E-state index contributed by atoms with van der Waals surface area (Å²) in [7, 11) is 0. The minimum atomic E-state index is -4.51. The third-order valence-corrected chi connectivity index (χ3v) is 3.80. The quantitative estimate of drug-likeness (QED) is 0.777. The number of rotatable bonds is 6. The van der Waals surface area contributed by atoms with E-state index in [4.69, 9.17) is 0 Å². The molecule has 0 spiro atoms. The minimum absolute atomic E-state index is 0.0196. The van der Waals surface area contributed by atoms with Crippen LogP contribution in [-0.4, -0.2) is 24.9 Å². The van der Waals surface area contributed by atoms with Gasteiger partial charge in [-0.2, -0.15) is 13.2 Å². The Hall–Kier alpha value is -2.90. The van der Waals surface area contributed by atoms with Crippen LogP contribution in [0.2, 0.25) is 0 Å². The third kappa shape index (κ3) is 6.09. The topological polar surface area (TPSA) is 49.4 Å². The zero-order valence-electron chi connectivity index (χ0n) is 14.5. The molecule has 0 aliphatic rings. The van der Waals surface area contributed by atoms with Crippen LogP contribution in [0.15, 0.2) is 48.5 Å². The lowest BCUT2D eigenvalue weighted by Gasteiger charge is -2.22. The number of carbonyl (C=O) groups is 2. The highest BCUT2D eigenvalue weighted by Gasteiger charge is 2.31. The Morgan fingerprint density at radius 1 is 1.07 bits per heavy atom. The molecular formula is C19H18F4N2O2. The van der Waals surface area contributed by atoms with E-state index in [-0.39, 0.29) is 31.1 Å². The molecule has 0 unspecified atom stereocenters. The fourth-order valence-corrected chi connectivity index (χ4v) is 2.48. The smallest absolute Gasteiger partial charge is 0.354 e. The van der Waals surface area contributed by atoms with Gasteiger partial charge in [0.1, 0.15) is 5.82 Å². The molecule has 0 saturated carbocycles. The number of alkyl halides is 3. The van der Waals surface area contributed by atoms with Crippen LogP contribution >= 0.6 is 0 Å². The van der Waals surface area contributed by atoms with Gasteiger partial charge in [0.15, 0.2) is 0 Å². The zero-order valence-corrected chi connectivity index (χ0v) is 14.5. The maximum Gasteiger partial charge on any atom is 0.416 e. The van der Waals surface area contributed by atoms with Gasteiger partial charge in [-0.25, -0.2) is 4.39 Å². The number of hydrogen-bond acceptors (Lipinski definition) is 2. The van der Waals surface area contributed by atoms with Crippen molar-refractivity contribution < 1.29 is 27.2 Å². The Morgan fingerprint density at radius 2 is 1.74 bits per heavy atom. The molecule has 0 fully saturated rings. The highest BCUT2D eigenvalue weighted by molar-refractivity contribution is 5.91. The number of halogens is 4. The van der Waals surface area contributed by atoms with E-state index in [1.807, 2.05) is 0 Å². The Bertz CT molecular complexity index is 804. The highest BCUT2D eigenvalue weighted by atomic mass is 19.4. The molecule has 144 valence electrons. The van der Waals surface area contributed by atoms with E-state index in [1.54, 1.807) is 0 Å². The maximum absolute atomic E-state index is 12.8. The van der Waals surface area contributed by atoms with E-state index in [0.717, 1.165) is 17.0 Å². The summed E-state index contributed by atoms with van der Waals surface area (Å²) in [5, 5.41) is 2.60. The third-order valence-electron chi connectivity index (χ3n) is 3.80. The summed E-state index contributed by atoms with van der Waals surface area (Å²) in [5.41, 5.74) is -0.132. The van der Waals surface area contributed by atoms with Crippen molar-refractivity contribution >= 4 is 17.5 Å². The first-order chi connectivity index (χ1) is 12.7. The van der Waals surface area contributed by atoms with Crippen LogP contribution in [-0.2, 0) is 22.2 Å². The molecule has 2 rings (SSSR count). The number of carbonyl (C=O) groups excluding carboxylic acids is 2. The second-order valence-corrected chi connectivity index (χ2v) is 5.87. The number of hydrogen-bond donors (Lipinski definition) is 1. The van der Waals surface area contributed by atoms with Crippen molar-refractivity contribution in [1.29, 1.82) is 0 Å². The van der Waals surface area contributed by atoms with E-state index in [0.29, 0.717) is 5.56 Å². The Morgan fingerprint density at radius 3 is 2.33 bits per heavy atom. The molecule has 0 atom stereocenters. The van der Waals surface area contributed by atoms with Crippen molar-refractivity contribution in [3.8, 4) is 0 Å². The van der Waals surface area contributed by atoms with Crippen molar-refractivity contribution in [1.82, 2.24) is 5.32 Å². The summed E-state index contributed by atoms with van der Waals surface area (Å²) in [6.07, 6.45) is -4.48. The number of anilines is 1. The molecule has 1 N–H and O–H groups in total. The lowest BCUT2D eigenvalue weighted by atomic mass is 10.1. The summed E-state index contributed by atoms with van der Waals surface area (Å²) in [6.45, 7) is 1.32. The Labute approximate surface area is 153 Å². The standard InChI is InChI=1S/C19H18F4N2O2/c1-13(26)25(17-4-2-3-15(12-17)19(21,22)23)10-9-24-18(27)11-14-5-7-16(20)8-6-14/h2-8,12H,9-11H2,1H3,(H,24,27). The molecule has 0 heterocycles. The van der Waals surface area contributed by atoms with Crippen LogP contribution < -0.4 is 10.2 Å². The van der Waals surface area contributed by atoms with Gasteiger partial charge in [0.2, 0.25) is 11.8 Å². The lowest BCUT2D eigenvalue weighted by Crippen LogP contribution is -2.38. The van der Waals surface area contributed by atoms with Crippen molar-refractivity contribution in [2.45, 2.75) is 19.5 Å². The molecule has 4 nitrogen and oxygen atoms in total. The molecule has 0 aromatic heterocycles. The molecule has 2 aromatic carbocycles. The second kappa shape index (κ2) is 8.66. The fraction of sp³-hybridized carbons (Fsp3) is 0.263. The Kier molecular flexibility index (Phi) is 6.55. The van der Waals surface area contributed by atoms with Crippen molar-refractivity contribution in [3.63, 3.8) is 0 Å². The molecular weight excluding hydrogens is 364 g/mol. The van der Waals surface area contributed by atoms with E-state index < -0.39 is 23.5 Å². The van der Waals surface area contributed by atoms with Gasteiger partial charge in [-0.1, -0.05) is 18.2 Å². The molecule has 0 aliphatic heterocycles. The van der Waals surface area contributed by atoms with Crippen molar-refractivity contribution in [2.75, 3.05) is 18.0 Å². The van der Waals surface area contributed by atoms with Crippen molar-refractivity contribution in [2.24, 2.45) is 0 Å². The number of nitrogens with zero attached hydrogens (tertiary/aromatic N) is 1. The molecule has 0 radical (unpaired) electrons. The van der Waals surface area contributed by atoms with Gasteiger partial charge >= 0.3 is 6.18 Å². The van der Waals surface area contributed by atoms with Gasteiger partial charge in [0.25, 0.3) is 0 Å². The maximum atomic E-state index is 12.8. The molecule has 2 aromatic rings. The van der Waals surface area contributed by atoms with Gasteiger partial charge in [-0.3, -0.25) is 9.59 Å². The molecule has 0 aliphatic carbocycles. The average molecular weight is 382 g/mol. The van der Waals surface area contributed by atoms with Gasteiger partial charge in [0.05, 0.1) is 12.0 Å². The van der Waals surface area contributed by atoms with E-state index in [1.165, 1.54) is 43.3 Å². The molecule has 0 saturated heterocycles. The average Bonchev–Trinajstić information content (AvgIpc) is 2.60. The first-order valence-corrected chi connectivity index (χ1v) is 8.13. The van der Waals surface area contributed by atoms with Crippen LogP contribution in [0.4, 0.5) is 23.2 Å². The first kappa shape index (κ1) is 20.4. The predicted octanol–water partition coefficient (Wildman–Crippen LogP) is 3.56. The monoisotopic (exact) mass is 382 g/mol. The van der Waals surface area contributed by atoms with Crippen LogP contribution in [0, 0.1) is 5.82 Å². The van der Waals surface area contributed by atoms with Crippen LogP contribution in [0.3, 0.4) is 0 Å². The summed E-state index contributed by atoms with van der Waals surface area (Å²) in [5.74, 6) is -1.19. The first-order valence-electron chi connectivity index (χ1n) is 8.13. The van der Waals surface area contributed by atoms with E-state index in [9.17, 15) is 27.2 Å². The summed E-state index contributed by atoms with van der Waals surface area (Å²) in [4.78, 5) is 24.9. The van der Waals surface area contributed by atoms with Gasteiger partial charge in [0, 0.05) is 25.7 Å². The summed E-state index contributed by atoms with van der Waals surface area (Å²) < 4.78 is 51.4. The highest BCUT2D eigenvalue weighted by Crippen LogP contribution is 2.31. The molecule has 27 heavy (non-hydrogen) atoms. The minimum Gasteiger partial charge on any atom is -0.354 e. The summed E-state index contributed by atoms with van der Waals surface area (Å²) in [6, 6.07) is 9.90. The van der Waals surface area contributed by atoms with Crippen LogP contribution in [0.1, 0.15) is 18.1 Å². The summed E-state index contributed by atoms with van der Waals surface area (Å²) >= 11 is 0. The van der Waals surface area contributed by atoms with E-state index in [2.05, 4.69) is 5.32 Å². The molecule has 8 heteroatoms. The second-order valence-electron chi connectivity index (χ2n) is 5.87. The largest absolute Gasteiger partial charge is 0.416 e. The SMILES string of the molecule is CC(=O)N(CCNC(=O)Cc1ccc(F)cc1)c1cccc(C(F)(F)F)c1. The molecule has 2 amide bonds. The number of benzene rings is 2. The van der Waals surface area contributed by atoms with Crippen molar-refractivity contribution in [3.05, 3.63) is 65.5 Å². The molecule has 0 bridgehead atoms. The zero-order chi connectivity index (χ0) is 20.0. The van der Waals surface area contributed by atoms with E-state index >= 15 is 0 Å². The normalized spacial score (nSPS) is 11.1. The van der Waals surface area contributed by atoms with Gasteiger partial charge in [-0.15, -0.1) is 0 Å². The Balaban J connectivity index is 1.96. The van der Waals surface area contributed by atoms with Gasteiger partial charge in [-0.05, 0) is 35.9 Å². The van der Waals surface area contributed by atoms with Crippen LogP contribution in [0.25, 0.3) is 0 Å². The number of amides is 2. The van der Waals surface area contributed by atoms with Gasteiger partial charge < -0.3 is 10.2 Å². The predicted molar refractivity (Wildman–Crippen MR) is 92.6 cm³/mol. The fourth-order valence-electron chi connectivity index (χ4n) is 2.48. The lowest BCUT2D eigenvalue weighted by molar-refractivity contribution is -0.137.